The summed E-state index contributed by atoms with van der Waals surface area (Å²) in [6.45, 7) is 4.79. The van der Waals surface area contributed by atoms with Crippen molar-refractivity contribution >= 4 is 11.6 Å². The Bertz CT molecular complexity index is 996. The van der Waals surface area contributed by atoms with Crippen LogP contribution in [0.5, 0.6) is 11.5 Å². The molecule has 2 atom stereocenters. The Morgan fingerprint density at radius 3 is 2.34 bits per heavy atom. The summed E-state index contributed by atoms with van der Waals surface area (Å²) >= 11 is 0. The molecule has 29 heavy (non-hydrogen) atoms. The van der Waals surface area contributed by atoms with Crippen LogP contribution in [-0.4, -0.2) is 19.6 Å². The van der Waals surface area contributed by atoms with Crippen molar-refractivity contribution in [3.63, 3.8) is 0 Å². The molecule has 0 unspecified atom stereocenters. The molecule has 0 aromatic heterocycles. The van der Waals surface area contributed by atoms with E-state index in [1.54, 1.807) is 7.11 Å². The molecule has 4 rings (SSSR count). The predicted octanol–water partition coefficient (Wildman–Crippen LogP) is 6.05. The lowest BCUT2D eigenvalue weighted by atomic mass is 9.89. The summed E-state index contributed by atoms with van der Waals surface area (Å²) in [6.07, 6.45) is -0.182. The number of fused-ring (bicyclic) bond motifs is 1. The number of benzene rings is 3. The van der Waals surface area contributed by atoms with E-state index in [9.17, 15) is 0 Å². The van der Waals surface area contributed by atoms with Gasteiger partial charge in [0.25, 0.3) is 0 Å². The minimum atomic E-state index is -0.182. The van der Waals surface area contributed by atoms with Gasteiger partial charge in [-0.05, 0) is 60.5 Å². The van der Waals surface area contributed by atoms with Crippen molar-refractivity contribution in [2.75, 3.05) is 13.7 Å². The Kier molecular flexibility index (Phi) is 5.52. The molecule has 1 heterocycles. The van der Waals surface area contributed by atoms with Gasteiger partial charge in [-0.3, -0.25) is 0 Å². The van der Waals surface area contributed by atoms with Gasteiger partial charge in [0, 0.05) is 11.5 Å². The molecule has 0 saturated heterocycles. The molecule has 0 saturated carbocycles. The van der Waals surface area contributed by atoms with Gasteiger partial charge in [-0.15, -0.1) is 0 Å². The van der Waals surface area contributed by atoms with Gasteiger partial charge >= 0.3 is 0 Å². The second kappa shape index (κ2) is 8.39. The third kappa shape index (κ3) is 3.97. The lowest BCUT2D eigenvalue weighted by Crippen LogP contribution is -2.16. The van der Waals surface area contributed by atoms with Crippen LogP contribution in [0, 0.1) is 0 Å². The van der Waals surface area contributed by atoms with Crippen LogP contribution in [0.4, 0.5) is 5.69 Å². The average Bonchev–Trinajstić information content (AvgIpc) is 2.91. The van der Waals surface area contributed by atoms with E-state index in [2.05, 4.69) is 25.1 Å². The first-order valence-corrected chi connectivity index (χ1v) is 9.91. The summed E-state index contributed by atoms with van der Waals surface area (Å²) in [5, 5.41) is 0. The SMILES string of the molecule is CCOc1ccc2c(c1)[C@H](C)[C@@H](c1ccc(OC)cc1)OC(c1ccccc1)=N2. The fourth-order valence-electron chi connectivity index (χ4n) is 3.64. The number of hydrogen-bond donors (Lipinski definition) is 0. The molecular weight excluding hydrogens is 362 g/mol. The number of aliphatic imine (C=N–C) groups is 1. The summed E-state index contributed by atoms with van der Waals surface area (Å²) in [5.74, 6) is 2.39. The first kappa shape index (κ1) is 19.1. The second-order valence-electron chi connectivity index (χ2n) is 7.04. The number of ether oxygens (including phenoxy) is 3. The topological polar surface area (TPSA) is 40.0 Å². The van der Waals surface area contributed by atoms with E-state index in [-0.39, 0.29) is 12.0 Å². The van der Waals surface area contributed by atoms with E-state index in [1.165, 1.54) is 0 Å². The Morgan fingerprint density at radius 2 is 1.66 bits per heavy atom. The molecule has 0 fully saturated rings. The minimum absolute atomic E-state index is 0.0868. The highest BCUT2D eigenvalue weighted by atomic mass is 16.5. The Labute approximate surface area is 171 Å². The molecule has 0 amide bonds. The highest BCUT2D eigenvalue weighted by molar-refractivity contribution is 5.96. The van der Waals surface area contributed by atoms with Gasteiger partial charge in [-0.1, -0.05) is 37.3 Å². The molecule has 0 bridgehead atoms. The van der Waals surface area contributed by atoms with Crippen molar-refractivity contribution in [1.29, 1.82) is 0 Å². The third-order valence-electron chi connectivity index (χ3n) is 5.18. The molecule has 148 valence electrons. The largest absolute Gasteiger partial charge is 0.497 e. The number of nitrogens with zero attached hydrogens (tertiary/aromatic N) is 1. The first-order chi connectivity index (χ1) is 14.2. The van der Waals surface area contributed by atoms with Gasteiger partial charge in [-0.25, -0.2) is 4.99 Å². The van der Waals surface area contributed by atoms with Crippen LogP contribution in [0.25, 0.3) is 0 Å². The molecule has 1 aliphatic rings. The van der Waals surface area contributed by atoms with Crippen molar-refractivity contribution in [1.82, 2.24) is 0 Å². The molecule has 4 nitrogen and oxygen atoms in total. The maximum Gasteiger partial charge on any atom is 0.221 e. The monoisotopic (exact) mass is 387 g/mol. The fourth-order valence-corrected chi connectivity index (χ4v) is 3.64. The van der Waals surface area contributed by atoms with Crippen molar-refractivity contribution in [2.45, 2.75) is 25.9 Å². The normalized spacial score (nSPS) is 18.1. The minimum Gasteiger partial charge on any atom is -0.497 e. The molecule has 3 aromatic carbocycles. The van der Waals surface area contributed by atoms with E-state index in [1.807, 2.05) is 61.5 Å². The standard InChI is InChI=1S/C25H25NO3/c1-4-28-21-14-15-23-22(16-21)17(2)24(18-10-12-20(27-3)13-11-18)29-25(26-23)19-8-6-5-7-9-19/h5-17,24H,4H2,1-3H3/t17-,24-/m0/s1. The van der Waals surface area contributed by atoms with Gasteiger partial charge in [0.1, 0.15) is 17.6 Å². The number of rotatable bonds is 5. The van der Waals surface area contributed by atoms with Crippen LogP contribution in [0.2, 0.25) is 0 Å². The van der Waals surface area contributed by atoms with E-state index in [0.717, 1.165) is 33.9 Å². The number of hydrogen-bond acceptors (Lipinski definition) is 4. The maximum absolute atomic E-state index is 6.52. The first-order valence-electron chi connectivity index (χ1n) is 9.91. The zero-order chi connectivity index (χ0) is 20.2. The molecule has 0 N–H and O–H groups in total. The van der Waals surface area contributed by atoms with Gasteiger partial charge in [0.05, 0.1) is 19.4 Å². The smallest absolute Gasteiger partial charge is 0.221 e. The predicted molar refractivity (Wildman–Crippen MR) is 115 cm³/mol. The summed E-state index contributed by atoms with van der Waals surface area (Å²) in [4.78, 5) is 4.88. The molecule has 3 aromatic rings. The average molecular weight is 387 g/mol. The van der Waals surface area contributed by atoms with Crippen LogP contribution in [-0.2, 0) is 4.74 Å². The molecule has 0 radical (unpaired) electrons. The zero-order valence-corrected chi connectivity index (χ0v) is 17.0. The maximum atomic E-state index is 6.52. The Hall–Kier alpha value is -3.27. The Morgan fingerprint density at radius 1 is 0.931 bits per heavy atom. The van der Waals surface area contributed by atoms with Gasteiger partial charge < -0.3 is 14.2 Å². The molecule has 4 heteroatoms. The van der Waals surface area contributed by atoms with Crippen LogP contribution in [0.3, 0.4) is 0 Å². The fraction of sp³-hybridized carbons (Fsp3) is 0.240. The van der Waals surface area contributed by atoms with Crippen LogP contribution < -0.4 is 9.47 Å². The third-order valence-corrected chi connectivity index (χ3v) is 5.18. The summed E-state index contributed by atoms with van der Waals surface area (Å²) < 4.78 is 17.6. The van der Waals surface area contributed by atoms with Gasteiger partial charge in [0.2, 0.25) is 5.90 Å². The molecule has 0 spiro atoms. The highest BCUT2D eigenvalue weighted by Crippen LogP contribution is 2.43. The lowest BCUT2D eigenvalue weighted by molar-refractivity contribution is 0.169. The van der Waals surface area contributed by atoms with Crippen molar-refractivity contribution in [3.8, 4) is 11.5 Å². The van der Waals surface area contributed by atoms with E-state index in [4.69, 9.17) is 19.2 Å². The van der Waals surface area contributed by atoms with Gasteiger partial charge in [-0.2, -0.15) is 0 Å². The quantitative estimate of drug-likeness (QED) is 0.535. The Balaban J connectivity index is 1.82. The molecule has 0 aliphatic carbocycles. The van der Waals surface area contributed by atoms with Crippen molar-refractivity contribution in [3.05, 3.63) is 89.5 Å². The highest BCUT2D eigenvalue weighted by Gasteiger charge is 2.30. The summed E-state index contributed by atoms with van der Waals surface area (Å²) in [6, 6.07) is 24.1. The van der Waals surface area contributed by atoms with E-state index in [0.29, 0.717) is 12.5 Å². The van der Waals surface area contributed by atoms with Crippen molar-refractivity contribution < 1.29 is 14.2 Å². The molecule has 1 aliphatic heterocycles. The second-order valence-corrected chi connectivity index (χ2v) is 7.04. The van der Waals surface area contributed by atoms with Crippen LogP contribution in [0.1, 0.15) is 42.6 Å². The van der Waals surface area contributed by atoms with E-state index < -0.39 is 0 Å². The molecular formula is C25H25NO3. The summed E-state index contributed by atoms with van der Waals surface area (Å²) in [5.41, 5.74) is 4.06. The van der Waals surface area contributed by atoms with E-state index >= 15 is 0 Å². The zero-order valence-electron chi connectivity index (χ0n) is 17.0. The van der Waals surface area contributed by atoms with Crippen LogP contribution >= 0.6 is 0 Å². The number of methoxy groups -OCH3 is 1. The lowest BCUT2D eigenvalue weighted by Gasteiger charge is -2.25. The van der Waals surface area contributed by atoms with Crippen molar-refractivity contribution in [2.24, 2.45) is 4.99 Å². The van der Waals surface area contributed by atoms with Gasteiger partial charge in [0.15, 0.2) is 0 Å². The summed E-state index contributed by atoms with van der Waals surface area (Å²) in [7, 11) is 1.67. The van der Waals surface area contributed by atoms with Crippen LogP contribution in [0.15, 0.2) is 77.8 Å².